The zero-order chi connectivity index (χ0) is 12.8. The third-order valence-corrected chi connectivity index (χ3v) is 2.86. The van der Waals surface area contributed by atoms with Crippen molar-refractivity contribution in [2.24, 2.45) is 0 Å². The van der Waals surface area contributed by atoms with Gasteiger partial charge in [0, 0.05) is 6.54 Å². The van der Waals surface area contributed by atoms with Gasteiger partial charge >= 0.3 is 0 Å². The van der Waals surface area contributed by atoms with Crippen molar-refractivity contribution in [3.05, 3.63) is 41.7 Å². The standard InChI is InChI=1S/C14H20N4/c1-3-8-15-10-13-11-18(17-16-13)14-7-5-6-12(4-2)9-14/h5-7,9,11,15H,3-4,8,10H2,1-2H3. The monoisotopic (exact) mass is 244 g/mol. The maximum absolute atomic E-state index is 4.17. The van der Waals surface area contributed by atoms with E-state index in [-0.39, 0.29) is 0 Å². The summed E-state index contributed by atoms with van der Waals surface area (Å²) in [6, 6.07) is 8.39. The van der Waals surface area contributed by atoms with Gasteiger partial charge in [-0.15, -0.1) is 5.10 Å². The van der Waals surface area contributed by atoms with Crippen LogP contribution in [0.15, 0.2) is 30.5 Å². The van der Waals surface area contributed by atoms with E-state index in [0.717, 1.165) is 37.3 Å². The number of aromatic nitrogens is 3. The minimum atomic E-state index is 0.779. The van der Waals surface area contributed by atoms with E-state index in [2.05, 4.69) is 53.7 Å². The highest BCUT2D eigenvalue weighted by atomic mass is 15.4. The summed E-state index contributed by atoms with van der Waals surface area (Å²) in [5.74, 6) is 0. The SMILES string of the molecule is CCCNCc1cn(-c2cccc(CC)c2)nn1. The van der Waals surface area contributed by atoms with Crippen LogP contribution in [0.3, 0.4) is 0 Å². The summed E-state index contributed by atoms with van der Waals surface area (Å²) in [5, 5.41) is 11.7. The molecular weight excluding hydrogens is 224 g/mol. The summed E-state index contributed by atoms with van der Waals surface area (Å²) in [7, 11) is 0. The molecule has 0 unspecified atom stereocenters. The van der Waals surface area contributed by atoms with E-state index in [1.807, 2.05) is 10.9 Å². The molecule has 0 atom stereocenters. The predicted octanol–water partition coefficient (Wildman–Crippen LogP) is 2.33. The second kappa shape index (κ2) is 6.31. The van der Waals surface area contributed by atoms with Crippen LogP contribution in [0.4, 0.5) is 0 Å². The molecule has 4 nitrogen and oxygen atoms in total. The third kappa shape index (κ3) is 3.17. The van der Waals surface area contributed by atoms with Gasteiger partial charge in [-0.3, -0.25) is 0 Å². The Morgan fingerprint density at radius 1 is 1.28 bits per heavy atom. The fraction of sp³-hybridized carbons (Fsp3) is 0.429. The van der Waals surface area contributed by atoms with Gasteiger partial charge in [0.05, 0.1) is 17.6 Å². The Hall–Kier alpha value is -1.68. The molecule has 0 spiro atoms. The first-order valence-corrected chi connectivity index (χ1v) is 6.54. The molecule has 2 rings (SSSR count). The van der Waals surface area contributed by atoms with Crippen molar-refractivity contribution < 1.29 is 0 Å². The normalized spacial score (nSPS) is 10.8. The minimum Gasteiger partial charge on any atom is -0.311 e. The van der Waals surface area contributed by atoms with E-state index in [9.17, 15) is 0 Å². The van der Waals surface area contributed by atoms with E-state index in [1.54, 1.807) is 0 Å². The summed E-state index contributed by atoms with van der Waals surface area (Å²) in [6.45, 7) is 6.10. The number of rotatable bonds is 6. The molecule has 0 fully saturated rings. The van der Waals surface area contributed by atoms with Crippen molar-refractivity contribution in [3.63, 3.8) is 0 Å². The molecule has 0 aliphatic carbocycles. The molecule has 1 aromatic heterocycles. The molecule has 1 N–H and O–H groups in total. The molecule has 18 heavy (non-hydrogen) atoms. The van der Waals surface area contributed by atoms with Crippen molar-refractivity contribution in [2.75, 3.05) is 6.54 Å². The number of nitrogens with zero attached hydrogens (tertiary/aromatic N) is 3. The van der Waals surface area contributed by atoms with Crippen LogP contribution in [0.1, 0.15) is 31.5 Å². The van der Waals surface area contributed by atoms with Crippen LogP contribution in [0.25, 0.3) is 5.69 Å². The minimum absolute atomic E-state index is 0.779. The molecule has 4 heteroatoms. The highest BCUT2D eigenvalue weighted by Crippen LogP contribution is 2.10. The molecule has 2 aromatic rings. The van der Waals surface area contributed by atoms with Gasteiger partial charge in [0.25, 0.3) is 0 Å². The Kier molecular flexibility index (Phi) is 4.47. The lowest BCUT2D eigenvalue weighted by atomic mass is 10.1. The van der Waals surface area contributed by atoms with E-state index < -0.39 is 0 Å². The topological polar surface area (TPSA) is 42.7 Å². The summed E-state index contributed by atoms with van der Waals surface area (Å²) in [5.41, 5.74) is 3.36. The maximum Gasteiger partial charge on any atom is 0.0969 e. The van der Waals surface area contributed by atoms with Crippen molar-refractivity contribution in [1.29, 1.82) is 0 Å². The summed E-state index contributed by atoms with van der Waals surface area (Å²) >= 11 is 0. The van der Waals surface area contributed by atoms with Crippen LogP contribution in [0, 0.1) is 0 Å². The van der Waals surface area contributed by atoms with E-state index in [1.165, 1.54) is 5.56 Å². The lowest BCUT2D eigenvalue weighted by molar-refractivity contribution is 0.662. The largest absolute Gasteiger partial charge is 0.311 e. The average Bonchev–Trinajstić information content (AvgIpc) is 2.88. The number of benzene rings is 1. The number of hydrogen-bond acceptors (Lipinski definition) is 3. The molecule has 0 amide bonds. The van der Waals surface area contributed by atoms with Crippen LogP contribution < -0.4 is 5.32 Å². The van der Waals surface area contributed by atoms with Crippen LogP contribution in [0.2, 0.25) is 0 Å². The van der Waals surface area contributed by atoms with Gasteiger partial charge in [-0.05, 0) is 37.1 Å². The molecule has 0 bridgehead atoms. The van der Waals surface area contributed by atoms with Gasteiger partial charge in [-0.25, -0.2) is 4.68 Å². The number of aryl methyl sites for hydroxylation is 1. The van der Waals surface area contributed by atoms with E-state index >= 15 is 0 Å². The molecule has 0 saturated heterocycles. The molecule has 0 aliphatic rings. The Labute approximate surface area is 108 Å². The third-order valence-electron chi connectivity index (χ3n) is 2.86. The summed E-state index contributed by atoms with van der Waals surface area (Å²) in [4.78, 5) is 0. The predicted molar refractivity (Wildman–Crippen MR) is 72.7 cm³/mol. The zero-order valence-electron chi connectivity index (χ0n) is 11.1. The highest BCUT2D eigenvalue weighted by molar-refractivity contribution is 5.35. The molecule has 0 saturated carbocycles. The zero-order valence-corrected chi connectivity index (χ0v) is 11.1. The van der Waals surface area contributed by atoms with Gasteiger partial charge < -0.3 is 5.32 Å². The van der Waals surface area contributed by atoms with Crippen LogP contribution >= 0.6 is 0 Å². The lowest BCUT2D eigenvalue weighted by Gasteiger charge is -2.02. The van der Waals surface area contributed by atoms with Crippen LogP contribution in [-0.2, 0) is 13.0 Å². The average molecular weight is 244 g/mol. The van der Waals surface area contributed by atoms with Crippen molar-refractivity contribution in [1.82, 2.24) is 20.3 Å². The first kappa shape index (κ1) is 12.8. The Morgan fingerprint density at radius 3 is 2.94 bits per heavy atom. The molecule has 96 valence electrons. The second-order valence-electron chi connectivity index (χ2n) is 4.35. The fourth-order valence-corrected chi connectivity index (χ4v) is 1.82. The Bertz CT molecular complexity index is 490. The molecule has 1 aromatic carbocycles. The lowest BCUT2D eigenvalue weighted by Crippen LogP contribution is -2.13. The number of hydrogen-bond donors (Lipinski definition) is 1. The first-order chi connectivity index (χ1) is 8.83. The summed E-state index contributed by atoms with van der Waals surface area (Å²) in [6.07, 6.45) is 4.15. The molecule has 1 heterocycles. The fourth-order valence-electron chi connectivity index (χ4n) is 1.82. The highest BCUT2D eigenvalue weighted by Gasteiger charge is 2.02. The van der Waals surface area contributed by atoms with Crippen molar-refractivity contribution in [3.8, 4) is 5.69 Å². The van der Waals surface area contributed by atoms with Crippen LogP contribution in [0.5, 0.6) is 0 Å². The molecular formula is C14H20N4. The smallest absolute Gasteiger partial charge is 0.0969 e. The quantitative estimate of drug-likeness (QED) is 0.793. The van der Waals surface area contributed by atoms with E-state index in [4.69, 9.17) is 0 Å². The van der Waals surface area contributed by atoms with Crippen molar-refractivity contribution in [2.45, 2.75) is 33.2 Å². The van der Waals surface area contributed by atoms with Gasteiger partial charge in [-0.2, -0.15) is 0 Å². The Morgan fingerprint density at radius 2 is 2.17 bits per heavy atom. The Balaban J connectivity index is 2.08. The summed E-state index contributed by atoms with van der Waals surface area (Å²) < 4.78 is 1.84. The van der Waals surface area contributed by atoms with Gasteiger partial charge in [0.15, 0.2) is 0 Å². The van der Waals surface area contributed by atoms with Gasteiger partial charge in [-0.1, -0.05) is 31.2 Å². The van der Waals surface area contributed by atoms with Crippen LogP contribution in [-0.4, -0.2) is 21.5 Å². The van der Waals surface area contributed by atoms with E-state index in [0.29, 0.717) is 0 Å². The maximum atomic E-state index is 4.17. The molecule has 0 aliphatic heterocycles. The first-order valence-electron chi connectivity index (χ1n) is 6.54. The number of nitrogens with one attached hydrogen (secondary N) is 1. The second-order valence-corrected chi connectivity index (χ2v) is 4.35. The van der Waals surface area contributed by atoms with Crippen molar-refractivity contribution >= 4 is 0 Å². The van der Waals surface area contributed by atoms with Gasteiger partial charge in [0.2, 0.25) is 0 Å². The molecule has 0 radical (unpaired) electrons. The van der Waals surface area contributed by atoms with Gasteiger partial charge in [0.1, 0.15) is 0 Å².